The first-order valence-corrected chi connectivity index (χ1v) is 18.8. The van der Waals surface area contributed by atoms with Crippen molar-refractivity contribution in [1.82, 2.24) is 15.0 Å². The second-order valence-corrected chi connectivity index (χ2v) is 15.6. The summed E-state index contributed by atoms with van der Waals surface area (Å²) in [7, 11) is 0. The quantitative estimate of drug-likeness (QED) is 0.187. The number of benzene rings is 6. The molecule has 0 amide bonds. The molecular weight excluding hydrogens is 633 g/mol. The molecule has 52 heavy (non-hydrogen) atoms. The van der Waals surface area contributed by atoms with Crippen LogP contribution in [0.1, 0.15) is 48.8 Å². The molecule has 4 bridgehead atoms. The third-order valence-corrected chi connectivity index (χ3v) is 12.9. The first-order chi connectivity index (χ1) is 25.7. The van der Waals surface area contributed by atoms with Crippen LogP contribution in [0.25, 0.3) is 67.2 Å². The van der Waals surface area contributed by atoms with Crippen molar-refractivity contribution in [3.63, 3.8) is 0 Å². The van der Waals surface area contributed by atoms with E-state index in [1.54, 1.807) is 0 Å². The van der Waals surface area contributed by atoms with Crippen molar-refractivity contribution in [3.05, 3.63) is 150 Å². The van der Waals surface area contributed by atoms with Crippen LogP contribution in [0.4, 0.5) is 0 Å². The Labute approximate surface area is 303 Å². The lowest BCUT2D eigenvalue weighted by Gasteiger charge is -2.61. The van der Waals surface area contributed by atoms with Crippen LogP contribution in [-0.4, -0.2) is 15.0 Å². The van der Waals surface area contributed by atoms with E-state index in [9.17, 15) is 5.26 Å². The van der Waals surface area contributed by atoms with Crippen molar-refractivity contribution in [1.29, 1.82) is 5.26 Å². The summed E-state index contributed by atoms with van der Waals surface area (Å²) in [6.07, 6.45) is 6.35. The van der Waals surface area contributed by atoms with Crippen molar-refractivity contribution in [3.8, 4) is 62.5 Å². The van der Waals surface area contributed by atoms with E-state index in [0.717, 1.165) is 39.7 Å². The van der Waals surface area contributed by atoms with Gasteiger partial charge in [0.2, 0.25) is 0 Å². The summed E-state index contributed by atoms with van der Waals surface area (Å²) in [5.74, 6) is 4.67. The number of fused-ring (bicyclic) bond motifs is 4. The normalized spacial score (nSPS) is 23.4. The molecule has 4 fully saturated rings. The summed E-state index contributed by atoms with van der Waals surface area (Å²) < 4.78 is 0. The maximum Gasteiger partial charge on any atom is 0.164 e. The second-order valence-electron chi connectivity index (χ2n) is 15.6. The molecule has 4 saturated carbocycles. The molecule has 1 aromatic heterocycles. The van der Waals surface area contributed by atoms with Crippen LogP contribution in [-0.2, 0) is 5.41 Å². The van der Waals surface area contributed by atoms with E-state index >= 15 is 0 Å². The van der Waals surface area contributed by atoms with Gasteiger partial charge in [-0.1, -0.05) is 115 Å². The molecule has 0 radical (unpaired) electrons. The topological polar surface area (TPSA) is 62.5 Å². The molecule has 0 aliphatic heterocycles. The van der Waals surface area contributed by atoms with Crippen molar-refractivity contribution < 1.29 is 0 Å². The molecule has 248 valence electrons. The molecular formula is C48H36N4. The SMILES string of the molecule is N#Cc1cc(-c2cccc3ccccc23)cc2c1C1(c3cc(-c4nc(-c5ccccc5)nc(-c5ccccc5)n4)ccc3-2)C2CC3CC(C2)CC1C3. The fourth-order valence-electron chi connectivity index (χ4n) is 11.1. The molecule has 5 aliphatic rings. The lowest BCUT2D eigenvalue weighted by Crippen LogP contribution is -2.55. The third kappa shape index (κ3) is 4.29. The van der Waals surface area contributed by atoms with Crippen molar-refractivity contribution in [2.75, 3.05) is 0 Å². The number of rotatable bonds is 4. The third-order valence-electron chi connectivity index (χ3n) is 12.9. The summed E-state index contributed by atoms with van der Waals surface area (Å²) in [5, 5.41) is 13.5. The van der Waals surface area contributed by atoms with Crippen molar-refractivity contribution >= 4 is 10.8 Å². The zero-order valence-corrected chi connectivity index (χ0v) is 28.8. The smallest absolute Gasteiger partial charge is 0.164 e. The molecule has 6 aromatic carbocycles. The Morgan fingerprint density at radius 3 is 1.75 bits per heavy atom. The maximum atomic E-state index is 11.0. The fraction of sp³-hybridized carbons (Fsp3) is 0.208. The van der Waals surface area contributed by atoms with Gasteiger partial charge in [0.05, 0.1) is 11.6 Å². The van der Waals surface area contributed by atoms with Crippen LogP contribution < -0.4 is 0 Å². The number of aromatic nitrogens is 3. The highest BCUT2D eigenvalue weighted by Crippen LogP contribution is 2.70. The average molecular weight is 669 g/mol. The van der Waals surface area contributed by atoms with Crippen LogP contribution >= 0.6 is 0 Å². The van der Waals surface area contributed by atoms with E-state index in [0.29, 0.717) is 29.3 Å². The summed E-state index contributed by atoms with van der Waals surface area (Å²) in [6.45, 7) is 0. The standard InChI is InChI=1S/C48H36N4/c49-28-36-25-35(40-17-9-15-31-10-7-8-16-39(31)40)26-42-41-19-18-34(27-43(41)48(44(36)42)37-21-29-20-30(23-37)24-38(48)22-29)47-51-45(32-11-3-1-4-12-32)50-46(52-47)33-13-5-2-6-14-33/h1-19,25-27,29-30,37-38H,20-24H2. The Kier molecular flexibility index (Phi) is 6.47. The zero-order chi connectivity index (χ0) is 34.4. The van der Waals surface area contributed by atoms with E-state index in [2.05, 4.69) is 103 Å². The van der Waals surface area contributed by atoms with Gasteiger partial charge >= 0.3 is 0 Å². The number of nitriles is 1. The molecule has 0 atom stereocenters. The highest BCUT2D eigenvalue weighted by atomic mass is 15.0. The van der Waals surface area contributed by atoms with Crippen molar-refractivity contribution in [2.45, 2.75) is 37.5 Å². The fourth-order valence-corrected chi connectivity index (χ4v) is 11.1. The first kappa shape index (κ1) is 29.8. The summed E-state index contributed by atoms with van der Waals surface area (Å²) >= 11 is 0. The Bertz CT molecular complexity index is 2510. The van der Waals surface area contributed by atoms with E-state index < -0.39 is 0 Å². The zero-order valence-electron chi connectivity index (χ0n) is 28.8. The predicted octanol–water partition coefficient (Wildman–Crippen LogP) is 11.3. The maximum absolute atomic E-state index is 11.0. The van der Waals surface area contributed by atoms with Crippen LogP contribution in [0.5, 0.6) is 0 Å². The Morgan fingerprint density at radius 2 is 1.10 bits per heavy atom. The highest BCUT2D eigenvalue weighted by Gasteiger charge is 2.62. The lowest BCUT2D eigenvalue weighted by atomic mass is 9.43. The highest BCUT2D eigenvalue weighted by molar-refractivity contribution is 5.99. The van der Waals surface area contributed by atoms with Crippen LogP contribution in [0, 0.1) is 35.0 Å². The van der Waals surface area contributed by atoms with Gasteiger partial charge < -0.3 is 0 Å². The molecule has 5 aliphatic carbocycles. The minimum absolute atomic E-state index is 0.187. The molecule has 1 heterocycles. The predicted molar refractivity (Wildman–Crippen MR) is 207 cm³/mol. The van der Waals surface area contributed by atoms with Crippen molar-refractivity contribution in [2.24, 2.45) is 23.7 Å². The molecule has 0 N–H and O–H groups in total. The van der Waals surface area contributed by atoms with Crippen LogP contribution in [0.15, 0.2) is 133 Å². The van der Waals surface area contributed by atoms with E-state index in [4.69, 9.17) is 15.0 Å². The van der Waals surface area contributed by atoms with Gasteiger partial charge in [0.1, 0.15) is 0 Å². The largest absolute Gasteiger partial charge is 0.208 e. The number of hydrogen-bond donors (Lipinski definition) is 0. The van der Waals surface area contributed by atoms with Gasteiger partial charge in [-0.2, -0.15) is 5.26 Å². The van der Waals surface area contributed by atoms with E-state index in [1.165, 1.54) is 70.7 Å². The first-order valence-electron chi connectivity index (χ1n) is 18.8. The molecule has 0 saturated heterocycles. The molecule has 1 spiro atoms. The van der Waals surface area contributed by atoms with Crippen LogP contribution in [0.3, 0.4) is 0 Å². The minimum atomic E-state index is -0.187. The minimum Gasteiger partial charge on any atom is -0.208 e. The number of nitrogens with zero attached hydrogens (tertiary/aromatic N) is 4. The van der Waals surface area contributed by atoms with Gasteiger partial charge in [0, 0.05) is 22.1 Å². The monoisotopic (exact) mass is 668 g/mol. The Hall–Kier alpha value is -5.92. The van der Waals surface area contributed by atoms with Gasteiger partial charge in [-0.15, -0.1) is 0 Å². The summed E-state index contributed by atoms with van der Waals surface area (Å²) in [4.78, 5) is 15.3. The van der Waals surface area contributed by atoms with E-state index in [-0.39, 0.29) is 5.41 Å². The average Bonchev–Trinajstić information content (AvgIpc) is 3.49. The summed E-state index contributed by atoms with van der Waals surface area (Å²) in [5.41, 5.74) is 11.0. The molecule has 0 unspecified atom stereocenters. The lowest BCUT2D eigenvalue weighted by molar-refractivity contribution is -0.0400. The van der Waals surface area contributed by atoms with Gasteiger partial charge in [0.15, 0.2) is 17.5 Å². The van der Waals surface area contributed by atoms with Gasteiger partial charge in [0.25, 0.3) is 0 Å². The van der Waals surface area contributed by atoms with Gasteiger partial charge in [-0.25, -0.2) is 15.0 Å². The molecule has 12 rings (SSSR count). The molecule has 7 aromatic rings. The second kappa shape index (κ2) is 11.3. The van der Waals surface area contributed by atoms with Gasteiger partial charge in [-0.05, 0) is 118 Å². The molecule has 4 nitrogen and oxygen atoms in total. The van der Waals surface area contributed by atoms with Gasteiger partial charge in [-0.3, -0.25) is 0 Å². The van der Waals surface area contributed by atoms with Crippen LogP contribution in [0.2, 0.25) is 0 Å². The summed E-state index contributed by atoms with van der Waals surface area (Å²) in [6, 6.07) is 49.8. The number of hydrogen-bond acceptors (Lipinski definition) is 4. The van der Waals surface area contributed by atoms with E-state index in [1.807, 2.05) is 36.4 Å². The molecule has 4 heteroatoms. The Balaban J connectivity index is 1.15. The Morgan fingerprint density at radius 1 is 0.500 bits per heavy atom.